The summed E-state index contributed by atoms with van der Waals surface area (Å²) in [5, 5.41) is 0.687. The first kappa shape index (κ1) is 13.0. The zero-order chi connectivity index (χ0) is 12.3. The van der Waals surface area contributed by atoms with Crippen molar-refractivity contribution < 1.29 is 4.79 Å². The van der Waals surface area contributed by atoms with Gasteiger partial charge in [0.25, 0.3) is 0 Å². The third-order valence-corrected chi connectivity index (χ3v) is 4.92. The summed E-state index contributed by atoms with van der Waals surface area (Å²) in [5.41, 5.74) is 1.85. The number of halogens is 1. The number of hydrogen-bond donors (Lipinski definition) is 0. The molecule has 1 aromatic rings. The quantitative estimate of drug-likeness (QED) is 0.795. The summed E-state index contributed by atoms with van der Waals surface area (Å²) in [6, 6.07) is 5.94. The van der Waals surface area contributed by atoms with Crippen LogP contribution in [0, 0.1) is 0 Å². The molecule has 2 nitrogen and oxygen atoms in total. The van der Waals surface area contributed by atoms with E-state index < -0.39 is 0 Å². The summed E-state index contributed by atoms with van der Waals surface area (Å²) in [6.07, 6.45) is 2.14. The lowest BCUT2D eigenvalue weighted by molar-refractivity contribution is 0.112. The molecule has 0 aliphatic carbocycles. The number of nitrogens with zero attached hydrogens (tertiary/aromatic N) is 1. The fourth-order valence-corrected chi connectivity index (χ4v) is 3.65. The molecule has 0 radical (unpaired) electrons. The van der Waals surface area contributed by atoms with E-state index in [1.54, 1.807) is 0 Å². The fourth-order valence-electron chi connectivity index (χ4n) is 2.09. The van der Waals surface area contributed by atoms with Crippen LogP contribution in [0.15, 0.2) is 22.7 Å². The Labute approximate surface area is 115 Å². The average molecular weight is 314 g/mol. The van der Waals surface area contributed by atoms with E-state index in [2.05, 4.69) is 27.8 Å². The maximum atomic E-state index is 11.1. The summed E-state index contributed by atoms with van der Waals surface area (Å²) in [4.78, 5) is 13.5. The molecule has 1 unspecified atom stereocenters. The van der Waals surface area contributed by atoms with Crippen LogP contribution in [0.2, 0.25) is 0 Å². The van der Waals surface area contributed by atoms with Crippen molar-refractivity contribution >= 4 is 39.7 Å². The van der Waals surface area contributed by atoms with Crippen LogP contribution in [0.1, 0.15) is 23.7 Å². The van der Waals surface area contributed by atoms with E-state index in [1.807, 2.05) is 30.0 Å². The fraction of sp³-hybridized carbons (Fsp3) is 0.462. The van der Waals surface area contributed by atoms with Crippen LogP contribution in [0.25, 0.3) is 0 Å². The molecule has 0 saturated carbocycles. The van der Waals surface area contributed by atoms with E-state index in [0.717, 1.165) is 40.9 Å². The summed E-state index contributed by atoms with van der Waals surface area (Å²) in [7, 11) is 0. The van der Waals surface area contributed by atoms with Gasteiger partial charge in [-0.3, -0.25) is 4.79 Å². The highest BCUT2D eigenvalue weighted by Gasteiger charge is 2.20. The lowest BCUT2D eigenvalue weighted by atomic mass is 10.1. The molecule has 1 aliphatic rings. The molecule has 0 aromatic heterocycles. The van der Waals surface area contributed by atoms with Gasteiger partial charge in [-0.25, -0.2) is 0 Å². The molecule has 0 bridgehead atoms. The van der Waals surface area contributed by atoms with Gasteiger partial charge >= 0.3 is 0 Å². The van der Waals surface area contributed by atoms with Crippen LogP contribution in [0.5, 0.6) is 0 Å². The molecule has 1 fully saturated rings. The molecule has 0 spiro atoms. The largest absolute Gasteiger partial charge is 0.369 e. The Morgan fingerprint density at radius 1 is 1.59 bits per heavy atom. The summed E-state index contributed by atoms with van der Waals surface area (Å²) >= 11 is 5.44. The molecule has 17 heavy (non-hydrogen) atoms. The number of hydrogen-bond acceptors (Lipinski definition) is 3. The Bertz CT molecular complexity index is 410. The highest BCUT2D eigenvalue weighted by atomic mass is 79.9. The Balaban J connectivity index is 2.23. The number of carbonyl (C=O) groups excluding carboxylic acids is 1. The van der Waals surface area contributed by atoms with E-state index in [0.29, 0.717) is 5.25 Å². The van der Waals surface area contributed by atoms with Crippen LogP contribution in [-0.2, 0) is 0 Å². The Morgan fingerprint density at radius 2 is 2.41 bits per heavy atom. The molecule has 0 N–H and O–H groups in total. The Morgan fingerprint density at radius 3 is 3.12 bits per heavy atom. The second-order valence-electron chi connectivity index (χ2n) is 4.17. The third kappa shape index (κ3) is 3.05. The molecule has 1 saturated heterocycles. The van der Waals surface area contributed by atoms with Gasteiger partial charge in [0.15, 0.2) is 6.29 Å². The molecule has 0 amide bonds. The zero-order valence-corrected chi connectivity index (χ0v) is 12.3. The van der Waals surface area contributed by atoms with E-state index in [-0.39, 0.29) is 0 Å². The van der Waals surface area contributed by atoms with Crippen LogP contribution in [0.3, 0.4) is 0 Å². The van der Waals surface area contributed by atoms with E-state index in [4.69, 9.17) is 0 Å². The highest BCUT2D eigenvalue weighted by Crippen LogP contribution is 2.29. The zero-order valence-electron chi connectivity index (χ0n) is 9.86. The van der Waals surface area contributed by atoms with Crippen molar-refractivity contribution in [2.24, 2.45) is 0 Å². The van der Waals surface area contributed by atoms with Crippen molar-refractivity contribution in [3.8, 4) is 0 Å². The summed E-state index contributed by atoms with van der Waals surface area (Å²) in [5.74, 6) is 1.15. The van der Waals surface area contributed by atoms with Crippen LogP contribution < -0.4 is 4.90 Å². The molecule has 1 heterocycles. The molecule has 1 aromatic carbocycles. The SMILES string of the molecule is CCC1CN(c2ccc(Br)cc2C=O)CCS1. The predicted octanol–water partition coefficient (Wildman–Crippen LogP) is 3.59. The van der Waals surface area contributed by atoms with Crippen molar-refractivity contribution in [2.45, 2.75) is 18.6 Å². The Hall–Kier alpha value is -0.480. The molecule has 4 heteroatoms. The van der Waals surface area contributed by atoms with E-state index in [9.17, 15) is 4.79 Å². The van der Waals surface area contributed by atoms with Gasteiger partial charge in [-0.15, -0.1) is 0 Å². The predicted molar refractivity (Wildman–Crippen MR) is 78.3 cm³/mol. The van der Waals surface area contributed by atoms with Crippen LogP contribution in [0.4, 0.5) is 5.69 Å². The molecular formula is C13H16BrNOS. The molecular weight excluding hydrogens is 298 g/mol. The number of aldehydes is 1. The van der Waals surface area contributed by atoms with Gasteiger partial charge in [-0.05, 0) is 24.6 Å². The molecule has 1 atom stereocenters. The second kappa shape index (κ2) is 5.91. The van der Waals surface area contributed by atoms with E-state index >= 15 is 0 Å². The van der Waals surface area contributed by atoms with Gasteiger partial charge in [0.2, 0.25) is 0 Å². The smallest absolute Gasteiger partial charge is 0.152 e. The number of benzene rings is 1. The minimum Gasteiger partial charge on any atom is -0.369 e. The van der Waals surface area contributed by atoms with E-state index in [1.165, 1.54) is 6.42 Å². The summed E-state index contributed by atoms with van der Waals surface area (Å²) < 4.78 is 0.960. The second-order valence-corrected chi connectivity index (χ2v) is 6.49. The van der Waals surface area contributed by atoms with Gasteiger partial charge in [0.1, 0.15) is 0 Å². The number of thioether (sulfide) groups is 1. The van der Waals surface area contributed by atoms with Crippen LogP contribution in [-0.4, -0.2) is 30.4 Å². The van der Waals surface area contributed by atoms with Gasteiger partial charge in [0.05, 0.1) is 0 Å². The Kier molecular flexibility index (Phi) is 4.51. The third-order valence-electron chi connectivity index (χ3n) is 3.05. The van der Waals surface area contributed by atoms with Crippen molar-refractivity contribution in [2.75, 3.05) is 23.7 Å². The van der Waals surface area contributed by atoms with Crippen LogP contribution >= 0.6 is 27.7 Å². The molecule has 1 aliphatic heterocycles. The first-order valence-electron chi connectivity index (χ1n) is 5.86. The molecule has 92 valence electrons. The first-order valence-corrected chi connectivity index (χ1v) is 7.70. The minimum atomic E-state index is 0.687. The number of rotatable bonds is 3. The average Bonchev–Trinajstić information content (AvgIpc) is 2.38. The normalized spacial score (nSPS) is 20.4. The summed E-state index contributed by atoms with van der Waals surface area (Å²) in [6.45, 7) is 4.30. The van der Waals surface area contributed by atoms with Crippen molar-refractivity contribution in [3.05, 3.63) is 28.2 Å². The maximum Gasteiger partial charge on any atom is 0.152 e. The van der Waals surface area contributed by atoms with Gasteiger partial charge in [-0.1, -0.05) is 22.9 Å². The number of anilines is 1. The topological polar surface area (TPSA) is 20.3 Å². The van der Waals surface area contributed by atoms with Crippen molar-refractivity contribution in [3.63, 3.8) is 0 Å². The van der Waals surface area contributed by atoms with Gasteiger partial charge in [0, 0.05) is 39.8 Å². The monoisotopic (exact) mass is 313 g/mol. The maximum absolute atomic E-state index is 11.1. The lowest BCUT2D eigenvalue weighted by Crippen LogP contribution is -2.38. The minimum absolute atomic E-state index is 0.687. The first-order chi connectivity index (χ1) is 8.24. The number of carbonyl (C=O) groups is 1. The highest BCUT2D eigenvalue weighted by molar-refractivity contribution is 9.10. The standard InChI is InChI=1S/C13H16BrNOS/c1-2-12-8-15(5-6-17-12)13-4-3-11(14)7-10(13)9-16/h3-4,7,9,12H,2,5-6,8H2,1H3. The van der Waals surface area contributed by atoms with Gasteiger partial charge < -0.3 is 4.90 Å². The van der Waals surface area contributed by atoms with Gasteiger partial charge in [-0.2, -0.15) is 11.8 Å². The lowest BCUT2D eigenvalue weighted by Gasteiger charge is -2.34. The van der Waals surface area contributed by atoms with Crippen molar-refractivity contribution in [1.82, 2.24) is 0 Å². The molecule has 2 rings (SSSR count). The van der Waals surface area contributed by atoms with Crippen molar-refractivity contribution in [1.29, 1.82) is 0 Å².